The fourth-order valence-corrected chi connectivity index (χ4v) is 4.87. The third-order valence-electron chi connectivity index (χ3n) is 6.55. The van der Waals surface area contributed by atoms with E-state index in [0.717, 1.165) is 6.42 Å². The van der Waals surface area contributed by atoms with Crippen LogP contribution in [-0.4, -0.2) is 92.4 Å². The van der Waals surface area contributed by atoms with Gasteiger partial charge in [-0.25, -0.2) is 34.5 Å². The van der Waals surface area contributed by atoms with Gasteiger partial charge >= 0.3 is 12.2 Å². The van der Waals surface area contributed by atoms with Crippen LogP contribution in [-0.2, 0) is 25.5 Å². The van der Waals surface area contributed by atoms with Crippen LogP contribution in [0.2, 0.25) is 5.28 Å². The Morgan fingerprint density at radius 2 is 1.58 bits per heavy atom. The number of carbonyl (C=O) groups excluding carboxylic acids is 2. The van der Waals surface area contributed by atoms with Crippen LogP contribution in [0.15, 0.2) is 12.4 Å². The van der Waals surface area contributed by atoms with Crippen LogP contribution in [0.25, 0.3) is 22.6 Å². The summed E-state index contributed by atoms with van der Waals surface area (Å²) in [4.78, 5) is 51.8. The van der Waals surface area contributed by atoms with Crippen molar-refractivity contribution in [3.05, 3.63) is 17.7 Å². The molecule has 2 aliphatic heterocycles. The maximum Gasteiger partial charge on any atom is 0.427 e. The van der Waals surface area contributed by atoms with Crippen molar-refractivity contribution in [1.82, 2.24) is 29.5 Å². The number of aromatic nitrogens is 6. The second-order valence-electron chi connectivity index (χ2n) is 12.4. The number of nitrogens with zero attached hydrogens (tertiary/aromatic N) is 8. The SMILES string of the molecule is CC(C)(C)OC(=O)N(C(=O)OC(C)(C)C)c1ncc(-c2nc(N3CCOCC3)c3nc(Cl)n(CC4CCOC4)c3n2)cn1. The van der Waals surface area contributed by atoms with Crippen LogP contribution in [0.4, 0.5) is 21.4 Å². The number of imidazole rings is 1. The van der Waals surface area contributed by atoms with E-state index in [1.165, 1.54) is 12.4 Å². The van der Waals surface area contributed by atoms with E-state index in [1.807, 2.05) is 4.57 Å². The smallest absolute Gasteiger partial charge is 0.427 e. The number of rotatable bonds is 5. The van der Waals surface area contributed by atoms with Crippen LogP contribution in [0, 0.1) is 5.92 Å². The second kappa shape index (κ2) is 12.2. The lowest BCUT2D eigenvalue weighted by Crippen LogP contribution is -2.44. The van der Waals surface area contributed by atoms with Crippen molar-refractivity contribution in [2.24, 2.45) is 5.92 Å². The van der Waals surface area contributed by atoms with Crippen molar-refractivity contribution >= 4 is 46.7 Å². The summed E-state index contributed by atoms with van der Waals surface area (Å²) in [7, 11) is 0. The van der Waals surface area contributed by atoms with E-state index in [1.54, 1.807) is 41.5 Å². The summed E-state index contributed by atoms with van der Waals surface area (Å²) >= 11 is 6.64. The van der Waals surface area contributed by atoms with Crippen LogP contribution in [0.5, 0.6) is 0 Å². The normalized spacial score (nSPS) is 17.7. The van der Waals surface area contributed by atoms with Gasteiger partial charge in [0.1, 0.15) is 11.2 Å². The Morgan fingerprint density at radius 1 is 0.953 bits per heavy atom. The van der Waals surface area contributed by atoms with Gasteiger partial charge in [-0.05, 0) is 59.6 Å². The molecule has 1 atom stereocenters. The first-order valence-electron chi connectivity index (χ1n) is 14.2. The molecule has 3 aromatic heterocycles. The van der Waals surface area contributed by atoms with E-state index in [-0.39, 0.29) is 11.9 Å². The van der Waals surface area contributed by atoms with Gasteiger partial charge in [0.25, 0.3) is 0 Å². The minimum absolute atomic E-state index is 0.212. The van der Waals surface area contributed by atoms with E-state index in [2.05, 4.69) is 19.9 Å². The molecule has 0 spiro atoms. The summed E-state index contributed by atoms with van der Waals surface area (Å²) in [6.45, 7) is 14.5. The summed E-state index contributed by atoms with van der Waals surface area (Å²) in [6, 6.07) is 0. The summed E-state index contributed by atoms with van der Waals surface area (Å²) < 4.78 is 23.9. The van der Waals surface area contributed by atoms with E-state index >= 15 is 0 Å². The van der Waals surface area contributed by atoms with Gasteiger partial charge in [0, 0.05) is 44.6 Å². The first-order valence-corrected chi connectivity index (χ1v) is 14.6. The van der Waals surface area contributed by atoms with E-state index in [9.17, 15) is 9.59 Å². The Morgan fingerprint density at radius 3 is 2.14 bits per heavy atom. The average molecular weight is 617 g/mol. The molecule has 1 unspecified atom stereocenters. The highest BCUT2D eigenvalue weighted by Gasteiger charge is 2.35. The maximum absolute atomic E-state index is 13.0. The molecule has 0 aromatic carbocycles. The Kier molecular flexibility index (Phi) is 8.72. The lowest BCUT2D eigenvalue weighted by atomic mass is 10.1. The number of anilines is 2. The Hall–Kier alpha value is -3.62. The predicted octanol–water partition coefficient (Wildman–Crippen LogP) is 4.49. The first kappa shape index (κ1) is 30.8. The molecule has 43 heavy (non-hydrogen) atoms. The monoisotopic (exact) mass is 616 g/mol. The van der Waals surface area contributed by atoms with Gasteiger partial charge in [0.2, 0.25) is 11.2 Å². The van der Waals surface area contributed by atoms with E-state index < -0.39 is 23.4 Å². The molecule has 2 saturated heterocycles. The molecule has 15 heteroatoms. The van der Waals surface area contributed by atoms with E-state index in [0.29, 0.717) is 84.6 Å². The molecule has 2 aliphatic rings. The van der Waals surface area contributed by atoms with Gasteiger partial charge in [-0.3, -0.25) is 4.57 Å². The summed E-state index contributed by atoms with van der Waals surface area (Å²) in [5.74, 6) is 1.03. The zero-order valence-corrected chi connectivity index (χ0v) is 26.0. The van der Waals surface area contributed by atoms with Gasteiger partial charge in [0.05, 0.1) is 25.4 Å². The number of hydrogen-bond acceptors (Lipinski definition) is 12. The number of ether oxygens (including phenoxy) is 4. The molecular weight excluding hydrogens is 580 g/mol. The molecular formula is C28H37ClN8O6. The first-order chi connectivity index (χ1) is 20.3. The highest BCUT2D eigenvalue weighted by molar-refractivity contribution is 6.29. The lowest BCUT2D eigenvalue weighted by molar-refractivity contribution is 0.0427. The molecule has 2 fully saturated rings. The molecule has 2 amide bonds. The fourth-order valence-electron chi connectivity index (χ4n) is 4.64. The van der Waals surface area contributed by atoms with Crippen LogP contribution in [0.1, 0.15) is 48.0 Å². The minimum atomic E-state index is -0.962. The summed E-state index contributed by atoms with van der Waals surface area (Å²) in [5, 5.41) is 0.319. The largest absolute Gasteiger partial charge is 0.443 e. The molecule has 0 aliphatic carbocycles. The van der Waals surface area contributed by atoms with Crippen molar-refractivity contribution in [3.63, 3.8) is 0 Å². The number of halogens is 1. The summed E-state index contributed by atoms with van der Waals surface area (Å²) in [6.07, 6.45) is 1.89. The van der Waals surface area contributed by atoms with Gasteiger partial charge in [-0.2, -0.15) is 0 Å². The highest BCUT2D eigenvalue weighted by Crippen LogP contribution is 2.31. The minimum Gasteiger partial charge on any atom is -0.443 e. The molecule has 0 N–H and O–H groups in total. The van der Waals surface area contributed by atoms with Crippen molar-refractivity contribution in [1.29, 1.82) is 0 Å². The number of fused-ring (bicyclic) bond motifs is 1. The average Bonchev–Trinajstić information content (AvgIpc) is 3.55. The maximum atomic E-state index is 13.0. The Bertz CT molecular complexity index is 1440. The number of carbonyl (C=O) groups is 2. The van der Waals surface area contributed by atoms with Crippen molar-refractivity contribution in [2.75, 3.05) is 49.3 Å². The Balaban J connectivity index is 1.54. The molecule has 0 radical (unpaired) electrons. The highest BCUT2D eigenvalue weighted by atomic mass is 35.5. The number of imide groups is 1. The standard InChI is InChI=1S/C28H37ClN8O6/c1-27(2,3)42-25(38)37(26(39)43-28(4,5)6)24-30-13-18(14-31-24)20-33-21(35-8-11-40-12-9-35)19-22(34-20)36(23(29)32-19)15-17-7-10-41-16-17/h13-14,17H,7-12,15-16H2,1-6H3. The van der Waals surface area contributed by atoms with Gasteiger partial charge in [-0.15, -0.1) is 4.90 Å². The third-order valence-corrected chi connectivity index (χ3v) is 6.84. The quantitative estimate of drug-likeness (QED) is 0.372. The summed E-state index contributed by atoms with van der Waals surface area (Å²) in [5.41, 5.74) is -0.109. The topological polar surface area (TPSA) is 147 Å². The van der Waals surface area contributed by atoms with E-state index in [4.69, 9.17) is 40.5 Å². The van der Waals surface area contributed by atoms with Crippen molar-refractivity contribution in [3.8, 4) is 11.4 Å². The third kappa shape index (κ3) is 7.31. The van der Waals surface area contributed by atoms with Gasteiger partial charge in [0.15, 0.2) is 22.8 Å². The zero-order valence-electron chi connectivity index (χ0n) is 25.3. The molecule has 232 valence electrons. The predicted molar refractivity (Wildman–Crippen MR) is 158 cm³/mol. The van der Waals surface area contributed by atoms with Crippen LogP contribution < -0.4 is 9.80 Å². The fraction of sp³-hybridized carbons (Fsp3) is 0.607. The molecule has 5 heterocycles. The number of amides is 2. The van der Waals surface area contributed by atoms with Crippen molar-refractivity contribution < 1.29 is 28.5 Å². The number of morpholine rings is 1. The zero-order chi connectivity index (χ0) is 30.9. The molecule has 0 bridgehead atoms. The van der Waals surface area contributed by atoms with Crippen molar-refractivity contribution in [2.45, 2.75) is 65.7 Å². The van der Waals surface area contributed by atoms with Crippen LogP contribution in [0.3, 0.4) is 0 Å². The second-order valence-corrected chi connectivity index (χ2v) is 12.8. The molecule has 3 aromatic rings. The lowest BCUT2D eigenvalue weighted by Gasteiger charge is -2.28. The molecule has 14 nitrogen and oxygen atoms in total. The van der Waals surface area contributed by atoms with Crippen LogP contribution >= 0.6 is 11.6 Å². The van der Waals surface area contributed by atoms with Gasteiger partial charge in [-0.1, -0.05) is 0 Å². The van der Waals surface area contributed by atoms with Gasteiger partial charge < -0.3 is 23.8 Å². The Labute approximate surface area is 254 Å². The molecule has 0 saturated carbocycles. The number of hydrogen-bond donors (Lipinski definition) is 0. The molecule has 5 rings (SSSR count).